The molecule has 0 N–H and O–H groups in total. The summed E-state index contributed by atoms with van der Waals surface area (Å²) >= 11 is 0. The van der Waals surface area contributed by atoms with Crippen molar-refractivity contribution in [1.29, 1.82) is 0 Å². The van der Waals surface area contributed by atoms with E-state index in [0.29, 0.717) is 17.3 Å². The molecular weight excluding hydrogens is 332 g/mol. The highest BCUT2D eigenvalue weighted by Gasteiger charge is 2.52. The van der Waals surface area contributed by atoms with E-state index in [1.54, 1.807) is 11.6 Å². The first-order valence-corrected chi connectivity index (χ1v) is 10.3. The summed E-state index contributed by atoms with van der Waals surface area (Å²) in [5.74, 6) is 1.93. The highest BCUT2D eigenvalue weighted by molar-refractivity contribution is 6.02. The minimum absolute atomic E-state index is 0.126. The van der Waals surface area contributed by atoms with Gasteiger partial charge in [-0.15, -0.1) is 0 Å². The lowest BCUT2D eigenvalue weighted by molar-refractivity contribution is -0.110. The number of hydrogen-bond acceptors (Lipinski definition) is 2. The average Bonchev–Trinajstić information content (AvgIpc) is 3.08. The second kappa shape index (κ2) is 6.15. The average molecular weight is 358 g/mol. The molecule has 4 aliphatic rings. The van der Waals surface area contributed by atoms with Crippen LogP contribution >= 0.6 is 0 Å². The van der Waals surface area contributed by atoms with Crippen molar-refractivity contribution >= 4 is 12.1 Å². The summed E-state index contributed by atoms with van der Waals surface area (Å²) in [5.41, 5.74) is 6.62. The summed E-state index contributed by atoms with van der Waals surface area (Å²) in [7, 11) is 0. The molecule has 27 heavy (non-hydrogen) atoms. The van der Waals surface area contributed by atoms with Gasteiger partial charge in [0.05, 0.1) is 0 Å². The van der Waals surface area contributed by atoms with Gasteiger partial charge in [-0.2, -0.15) is 0 Å². The molecular formula is C25H26O2. The lowest BCUT2D eigenvalue weighted by Gasteiger charge is -2.50. The first kappa shape index (κ1) is 16.9. The smallest absolute Gasteiger partial charge is 0.178 e. The van der Waals surface area contributed by atoms with Gasteiger partial charge in [-0.1, -0.05) is 49.3 Å². The van der Waals surface area contributed by atoms with E-state index in [2.05, 4.69) is 25.1 Å². The fourth-order valence-electron chi connectivity index (χ4n) is 6.47. The van der Waals surface area contributed by atoms with E-state index in [0.717, 1.165) is 24.2 Å². The number of carbonyl (C=O) groups excluding carboxylic acids is 2. The van der Waals surface area contributed by atoms with Crippen molar-refractivity contribution in [3.63, 3.8) is 0 Å². The molecule has 0 unspecified atom stereocenters. The predicted molar refractivity (Wildman–Crippen MR) is 107 cm³/mol. The van der Waals surface area contributed by atoms with Crippen molar-refractivity contribution in [2.45, 2.75) is 51.4 Å². The Bertz CT molecular complexity index is 899. The number of allylic oxidation sites excluding steroid dienone is 6. The lowest BCUT2D eigenvalue weighted by Crippen LogP contribution is -2.40. The maximum absolute atomic E-state index is 11.9. The van der Waals surface area contributed by atoms with Gasteiger partial charge in [0.25, 0.3) is 0 Å². The van der Waals surface area contributed by atoms with E-state index in [-0.39, 0.29) is 5.78 Å². The van der Waals surface area contributed by atoms with Gasteiger partial charge in [0, 0.05) is 11.5 Å². The van der Waals surface area contributed by atoms with E-state index in [1.165, 1.54) is 48.8 Å². The Balaban J connectivity index is 1.67. The lowest BCUT2D eigenvalue weighted by atomic mass is 9.54. The molecule has 2 nitrogen and oxygen atoms in total. The second-order valence-electron chi connectivity index (χ2n) is 9.11. The number of ketones is 1. The quantitative estimate of drug-likeness (QED) is 0.648. The largest absolute Gasteiger partial charge is 0.298 e. The Morgan fingerprint density at radius 3 is 2.70 bits per heavy atom. The molecule has 4 aliphatic carbocycles. The molecule has 2 saturated carbocycles. The van der Waals surface area contributed by atoms with Gasteiger partial charge in [0.2, 0.25) is 0 Å². The van der Waals surface area contributed by atoms with Gasteiger partial charge in [-0.3, -0.25) is 9.59 Å². The molecule has 0 amide bonds. The number of hydrogen-bond donors (Lipinski definition) is 0. The molecule has 0 spiro atoms. The number of rotatable bonds is 2. The van der Waals surface area contributed by atoms with Crippen LogP contribution in [0.15, 0.2) is 59.2 Å². The maximum Gasteiger partial charge on any atom is 0.178 e. The van der Waals surface area contributed by atoms with Crippen molar-refractivity contribution in [3.05, 3.63) is 70.3 Å². The molecule has 0 aliphatic heterocycles. The third-order valence-corrected chi connectivity index (χ3v) is 7.68. The van der Waals surface area contributed by atoms with E-state index >= 15 is 0 Å². The predicted octanol–water partition coefficient (Wildman–Crippen LogP) is 5.56. The van der Waals surface area contributed by atoms with Gasteiger partial charge >= 0.3 is 0 Å². The van der Waals surface area contributed by atoms with Crippen LogP contribution in [0.1, 0.15) is 67.3 Å². The Hall–Kier alpha value is -2.22. The van der Waals surface area contributed by atoms with Gasteiger partial charge in [0.15, 0.2) is 5.78 Å². The minimum Gasteiger partial charge on any atom is -0.298 e. The van der Waals surface area contributed by atoms with Gasteiger partial charge in [0.1, 0.15) is 6.29 Å². The summed E-state index contributed by atoms with van der Waals surface area (Å²) in [6.07, 6.45) is 14.0. The SMILES string of the molecule is C[C@@]12CCC[C@H]1[C@@H]1CCC3=CC(=O)C=CC3=C1[C@@H](c1ccc(C=O)cc1)C2. The minimum atomic E-state index is 0.126. The highest BCUT2D eigenvalue weighted by Crippen LogP contribution is 2.63. The second-order valence-corrected chi connectivity index (χ2v) is 9.11. The van der Waals surface area contributed by atoms with Gasteiger partial charge in [-0.25, -0.2) is 0 Å². The van der Waals surface area contributed by atoms with E-state index in [4.69, 9.17) is 0 Å². The Kier molecular flexibility index (Phi) is 3.86. The van der Waals surface area contributed by atoms with E-state index in [9.17, 15) is 9.59 Å². The first-order chi connectivity index (χ1) is 13.1. The molecule has 1 aromatic rings. The molecule has 2 heteroatoms. The highest BCUT2D eigenvalue weighted by atomic mass is 16.1. The summed E-state index contributed by atoms with van der Waals surface area (Å²) in [6.45, 7) is 2.50. The number of fused-ring (bicyclic) bond motifs is 4. The number of benzene rings is 1. The zero-order valence-corrected chi connectivity index (χ0v) is 15.9. The normalized spacial score (nSPS) is 34.6. The van der Waals surface area contributed by atoms with Crippen molar-refractivity contribution in [2.24, 2.45) is 17.3 Å². The van der Waals surface area contributed by atoms with Crippen LogP contribution in [0.4, 0.5) is 0 Å². The van der Waals surface area contributed by atoms with Gasteiger partial charge < -0.3 is 0 Å². The van der Waals surface area contributed by atoms with Crippen molar-refractivity contribution in [3.8, 4) is 0 Å². The van der Waals surface area contributed by atoms with E-state index in [1.807, 2.05) is 18.2 Å². The Labute approximate surface area is 161 Å². The number of carbonyl (C=O) groups is 2. The molecule has 1 aromatic carbocycles. The van der Waals surface area contributed by atoms with Crippen LogP contribution in [0.5, 0.6) is 0 Å². The molecule has 0 saturated heterocycles. The molecule has 4 atom stereocenters. The molecule has 0 radical (unpaired) electrons. The van der Waals surface area contributed by atoms with Crippen molar-refractivity contribution in [1.82, 2.24) is 0 Å². The van der Waals surface area contributed by atoms with Crippen LogP contribution in [0, 0.1) is 17.3 Å². The third-order valence-electron chi connectivity index (χ3n) is 7.68. The topological polar surface area (TPSA) is 34.1 Å². The summed E-state index contributed by atoms with van der Waals surface area (Å²) in [4.78, 5) is 23.0. The van der Waals surface area contributed by atoms with Crippen LogP contribution in [0.3, 0.4) is 0 Å². The summed E-state index contributed by atoms with van der Waals surface area (Å²) in [5, 5.41) is 0. The standard InChI is InChI=1S/C25H26O2/c1-25-12-2-3-23(25)21-10-8-18-13-19(27)9-11-20(18)24(21)22(14-25)17-6-4-16(15-26)5-7-17/h4-7,9,11,13,15,21-23H,2-3,8,10,12,14H2,1H3/t21-,22+,23-,25-/m0/s1. The van der Waals surface area contributed by atoms with Crippen LogP contribution in [-0.4, -0.2) is 12.1 Å². The molecule has 0 bridgehead atoms. The molecule has 5 rings (SSSR count). The fraction of sp³-hybridized carbons (Fsp3) is 0.440. The van der Waals surface area contributed by atoms with E-state index < -0.39 is 0 Å². The van der Waals surface area contributed by atoms with Crippen LogP contribution in [-0.2, 0) is 4.79 Å². The molecule has 0 heterocycles. The zero-order valence-electron chi connectivity index (χ0n) is 15.9. The Morgan fingerprint density at radius 2 is 1.93 bits per heavy atom. The zero-order chi connectivity index (χ0) is 18.6. The first-order valence-electron chi connectivity index (χ1n) is 10.3. The van der Waals surface area contributed by atoms with Crippen molar-refractivity contribution < 1.29 is 9.59 Å². The van der Waals surface area contributed by atoms with Crippen LogP contribution in [0.25, 0.3) is 0 Å². The van der Waals surface area contributed by atoms with Crippen molar-refractivity contribution in [2.75, 3.05) is 0 Å². The maximum atomic E-state index is 11.9. The van der Waals surface area contributed by atoms with Crippen LogP contribution < -0.4 is 0 Å². The van der Waals surface area contributed by atoms with Gasteiger partial charge in [-0.05, 0) is 78.2 Å². The Morgan fingerprint density at radius 1 is 1.11 bits per heavy atom. The molecule has 0 aromatic heterocycles. The third kappa shape index (κ3) is 2.61. The van der Waals surface area contributed by atoms with Crippen LogP contribution in [0.2, 0.25) is 0 Å². The molecule has 2 fully saturated rings. The monoisotopic (exact) mass is 358 g/mol. The summed E-state index contributed by atoms with van der Waals surface area (Å²) in [6, 6.07) is 8.19. The fourth-order valence-corrected chi connectivity index (χ4v) is 6.47. The molecule has 138 valence electrons. The number of aldehydes is 1. The summed E-state index contributed by atoms with van der Waals surface area (Å²) < 4.78 is 0.